The van der Waals surface area contributed by atoms with Crippen LogP contribution >= 0.6 is 0 Å². The number of nitrogens with zero attached hydrogens (tertiary/aromatic N) is 3. The maximum atomic E-state index is 4.91. The predicted octanol–water partition coefficient (Wildman–Crippen LogP) is 6.24. The van der Waals surface area contributed by atoms with Crippen molar-refractivity contribution in [2.45, 2.75) is 44.9 Å². The van der Waals surface area contributed by atoms with Crippen molar-refractivity contribution in [3.05, 3.63) is 83.6 Å². The summed E-state index contributed by atoms with van der Waals surface area (Å²) in [6.45, 7) is 11.3. The summed E-state index contributed by atoms with van der Waals surface area (Å²) in [5.74, 6) is 0. The highest BCUT2D eigenvalue weighted by atomic mass is 15.2. The molecule has 0 amide bonds. The fourth-order valence-electron chi connectivity index (χ4n) is 4.91. The smallest absolute Gasteiger partial charge is 0.0674 e. The molecule has 0 saturated heterocycles. The van der Waals surface area contributed by atoms with E-state index in [2.05, 4.69) is 118 Å². The molecule has 0 unspecified atom stereocenters. The summed E-state index contributed by atoms with van der Waals surface area (Å²) in [6, 6.07) is 17.3. The van der Waals surface area contributed by atoms with Crippen molar-refractivity contribution in [3.8, 4) is 0 Å². The first-order valence-electron chi connectivity index (χ1n) is 11.3. The molecule has 2 aromatic carbocycles. The number of rotatable bonds is 6. The number of benzene rings is 2. The summed E-state index contributed by atoms with van der Waals surface area (Å²) in [6.07, 6.45) is 7.84. The van der Waals surface area contributed by atoms with Crippen LogP contribution in [-0.2, 0) is 10.8 Å². The highest BCUT2D eigenvalue weighted by Crippen LogP contribution is 2.47. The Hall–Kier alpha value is -2.65. The number of hydrogen-bond acceptors (Lipinski definition) is 3. The van der Waals surface area contributed by atoms with E-state index in [-0.39, 0.29) is 10.8 Å². The van der Waals surface area contributed by atoms with Crippen LogP contribution in [0.3, 0.4) is 0 Å². The fraction of sp³-hybridized carbons (Fsp3) is 0.393. The second kappa shape index (κ2) is 8.12. The van der Waals surface area contributed by atoms with Gasteiger partial charge in [0.15, 0.2) is 0 Å². The minimum atomic E-state index is -0.0643. The van der Waals surface area contributed by atoms with E-state index >= 15 is 0 Å². The Morgan fingerprint density at radius 3 is 2.29 bits per heavy atom. The summed E-state index contributed by atoms with van der Waals surface area (Å²) in [4.78, 5) is 9.69. The molecule has 0 saturated carbocycles. The van der Waals surface area contributed by atoms with Gasteiger partial charge >= 0.3 is 0 Å². The van der Waals surface area contributed by atoms with Gasteiger partial charge in [0.05, 0.1) is 11.4 Å². The molecule has 0 radical (unpaired) electrons. The van der Waals surface area contributed by atoms with Gasteiger partial charge in [0.1, 0.15) is 0 Å². The van der Waals surface area contributed by atoms with Crippen LogP contribution in [0.15, 0.2) is 77.4 Å². The summed E-state index contributed by atoms with van der Waals surface area (Å²) in [5.41, 5.74) is 7.55. The van der Waals surface area contributed by atoms with Crippen molar-refractivity contribution in [1.29, 1.82) is 0 Å². The molecule has 0 bridgehead atoms. The molecule has 3 heteroatoms. The number of allylic oxidation sites excluding steroid dienone is 4. The monoisotopic (exact) mass is 413 g/mol. The van der Waals surface area contributed by atoms with E-state index < -0.39 is 0 Å². The molecular weight excluding hydrogens is 378 g/mol. The zero-order chi connectivity index (χ0) is 22.2. The summed E-state index contributed by atoms with van der Waals surface area (Å²) in [7, 11) is 4.28. The maximum absolute atomic E-state index is 4.91. The van der Waals surface area contributed by atoms with Gasteiger partial charge in [-0.15, -0.1) is 0 Å². The first-order chi connectivity index (χ1) is 14.7. The molecule has 2 heterocycles. The van der Waals surface area contributed by atoms with Crippen molar-refractivity contribution in [2.24, 2.45) is 4.99 Å². The third-order valence-electron chi connectivity index (χ3n) is 6.75. The lowest BCUT2D eigenvalue weighted by molar-refractivity contribution is 0.401. The van der Waals surface area contributed by atoms with Gasteiger partial charge in [-0.25, -0.2) is 0 Å². The van der Waals surface area contributed by atoms with Gasteiger partial charge in [-0.05, 0) is 62.5 Å². The van der Waals surface area contributed by atoms with Crippen molar-refractivity contribution >= 4 is 17.1 Å². The predicted molar refractivity (Wildman–Crippen MR) is 134 cm³/mol. The first-order valence-corrected chi connectivity index (χ1v) is 11.3. The number of aliphatic imine (C=N–C) groups is 1. The summed E-state index contributed by atoms with van der Waals surface area (Å²) < 4.78 is 0. The highest BCUT2D eigenvalue weighted by molar-refractivity contribution is 6.08. The van der Waals surface area contributed by atoms with E-state index in [0.717, 1.165) is 30.9 Å². The standard InChI is InChI=1S/C28H35N3/c1-27(2)21-13-7-9-15-23(21)29-25(27)17-11-18-26-28(3,4)22-14-8-10-16-24(22)31(26)20-12-19-30(5)6/h7-11,13-18H,12,19-20H2,1-6H3/b17-11+,26-18+. The summed E-state index contributed by atoms with van der Waals surface area (Å²) >= 11 is 0. The highest BCUT2D eigenvalue weighted by Gasteiger charge is 2.39. The molecule has 0 atom stereocenters. The molecular formula is C28H35N3. The van der Waals surface area contributed by atoms with Crippen LogP contribution in [0.4, 0.5) is 11.4 Å². The van der Waals surface area contributed by atoms with Crippen molar-refractivity contribution in [3.63, 3.8) is 0 Å². The largest absolute Gasteiger partial charge is 0.344 e. The van der Waals surface area contributed by atoms with Gasteiger partial charge in [-0.1, -0.05) is 70.2 Å². The number of para-hydroxylation sites is 2. The van der Waals surface area contributed by atoms with Gasteiger partial charge in [-0.3, -0.25) is 4.99 Å². The van der Waals surface area contributed by atoms with Crippen LogP contribution in [0.2, 0.25) is 0 Å². The zero-order valence-electron chi connectivity index (χ0n) is 19.8. The lowest BCUT2D eigenvalue weighted by Gasteiger charge is -2.27. The molecule has 0 fully saturated rings. The molecule has 31 heavy (non-hydrogen) atoms. The minimum absolute atomic E-state index is 0.0188. The Labute approximate surface area is 187 Å². The fourth-order valence-corrected chi connectivity index (χ4v) is 4.91. The molecule has 0 aromatic heterocycles. The number of anilines is 1. The molecule has 0 aliphatic carbocycles. The van der Waals surface area contributed by atoms with Crippen LogP contribution in [-0.4, -0.2) is 37.8 Å². The van der Waals surface area contributed by atoms with E-state index in [9.17, 15) is 0 Å². The zero-order valence-corrected chi connectivity index (χ0v) is 19.8. The van der Waals surface area contributed by atoms with E-state index in [0.29, 0.717) is 0 Å². The van der Waals surface area contributed by atoms with Crippen molar-refractivity contribution < 1.29 is 0 Å². The van der Waals surface area contributed by atoms with E-state index in [1.54, 1.807) is 0 Å². The number of hydrogen-bond donors (Lipinski definition) is 0. The molecule has 2 aromatic rings. The lowest BCUT2D eigenvalue weighted by atomic mass is 9.81. The Morgan fingerprint density at radius 2 is 1.58 bits per heavy atom. The van der Waals surface area contributed by atoms with Crippen LogP contribution in [0.1, 0.15) is 45.2 Å². The third kappa shape index (κ3) is 3.87. The first kappa shape index (κ1) is 21.6. The normalized spacial score (nSPS) is 19.9. The molecule has 2 aliphatic rings. The Balaban J connectivity index is 1.64. The van der Waals surface area contributed by atoms with Gasteiger partial charge in [-0.2, -0.15) is 0 Å². The molecule has 2 aliphatic heterocycles. The molecule has 0 spiro atoms. The average molecular weight is 414 g/mol. The van der Waals surface area contributed by atoms with Crippen LogP contribution in [0, 0.1) is 0 Å². The van der Waals surface area contributed by atoms with E-state index in [1.807, 2.05) is 0 Å². The Morgan fingerprint density at radius 1 is 0.903 bits per heavy atom. The molecule has 3 nitrogen and oxygen atoms in total. The van der Waals surface area contributed by atoms with Gasteiger partial charge in [0, 0.05) is 28.8 Å². The molecule has 0 N–H and O–H groups in total. The van der Waals surface area contributed by atoms with Gasteiger partial charge < -0.3 is 9.80 Å². The second-order valence-electron chi connectivity index (χ2n) is 10.0. The quantitative estimate of drug-likeness (QED) is 0.558. The van der Waals surface area contributed by atoms with Gasteiger partial charge in [0.25, 0.3) is 0 Å². The van der Waals surface area contributed by atoms with Crippen molar-refractivity contribution in [1.82, 2.24) is 4.90 Å². The molecule has 162 valence electrons. The average Bonchev–Trinajstić information content (AvgIpc) is 3.10. The minimum Gasteiger partial charge on any atom is -0.344 e. The van der Waals surface area contributed by atoms with Crippen LogP contribution in [0.25, 0.3) is 0 Å². The molecule has 4 rings (SSSR count). The van der Waals surface area contributed by atoms with Crippen LogP contribution < -0.4 is 4.90 Å². The Kier molecular flexibility index (Phi) is 5.65. The maximum Gasteiger partial charge on any atom is 0.0674 e. The van der Waals surface area contributed by atoms with E-state index in [4.69, 9.17) is 4.99 Å². The SMILES string of the molecule is CN(C)CCCN1/C(=C/C=C/C2=Nc3ccccc3C2(C)C)C(C)(C)c2ccccc21. The lowest BCUT2D eigenvalue weighted by Crippen LogP contribution is -2.29. The third-order valence-corrected chi connectivity index (χ3v) is 6.75. The number of fused-ring (bicyclic) bond motifs is 2. The second-order valence-corrected chi connectivity index (χ2v) is 10.0. The van der Waals surface area contributed by atoms with Gasteiger partial charge in [0.2, 0.25) is 0 Å². The van der Waals surface area contributed by atoms with E-state index in [1.165, 1.54) is 22.5 Å². The summed E-state index contributed by atoms with van der Waals surface area (Å²) in [5, 5.41) is 0. The van der Waals surface area contributed by atoms with Crippen LogP contribution in [0.5, 0.6) is 0 Å². The Bertz CT molecular complexity index is 1050. The topological polar surface area (TPSA) is 18.8 Å². The van der Waals surface area contributed by atoms with Crippen molar-refractivity contribution in [2.75, 3.05) is 32.1 Å².